The molecular formula is C25H27N3O4S. The average molecular weight is 466 g/mol. The maximum Gasteiger partial charge on any atom is 0.236 e. The Balaban J connectivity index is 1.57. The van der Waals surface area contributed by atoms with Crippen molar-refractivity contribution in [2.24, 2.45) is 0 Å². The van der Waals surface area contributed by atoms with Gasteiger partial charge in [-0.25, -0.2) is 4.98 Å². The van der Waals surface area contributed by atoms with Crippen LogP contribution < -0.4 is 14.8 Å². The van der Waals surface area contributed by atoms with Gasteiger partial charge >= 0.3 is 0 Å². The van der Waals surface area contributed by atoms with Crippen LogP contribution in [0.25, 0.3) is 11.3 Å². The van der Waals surface area contributed by atoms with Gasteiger partial charge in [0.2, 0.25) is 5.91 Å². The van der Waals surface area contributed by atoms with Crippen LogP contribution in [0.1, 0.15) is 18.4 Å². The molecule has 1 aliphatic rings. The molecule has 0 spiro atoms. The van der Waals surface area contributed by atoms with Crippen LogP contribution in [0.15, 0.2) is 71.6 Å². The van der Waals surface area contributed by atoms with Gasteiger partial charge in [0, 0.05) is 25.8 Å². The number of methoxy groups -OCH3 is 1. The Bertz CT molecular complexity index is 1080. The van der Waals surface area contributed by atoms with Crippen molar-refractivity contribution >= 4 is 23.1 Å². The molecule has 33 heavy (non-hydrogen) atoms. The van der Waals surface area contributed by atoms with Crippen molar-refractivity contribution in [1.29, 1.82) is 0 Å². The first-order chi connectivity index (χ1) is 16.1. The summed E-state index contributed by atoms with van der Waals surface area (Å²) in [5.41, 5.74) is 1.84. The largest absolute Gasteiger partial charge is 0.593 e. The van der Waals surface area contributed by atoms with Crippen molar-refractivity contribution in [1.82, 2.24) is 9.71 Å². The van der Waals surface area contributed by atoms with Crippen LogP contribution in [0, 0.1) is 0 Å². The zero-order valence-electron chi connectivity index (χ0n) is 18.7. The first-order valence-corrected chi connectivity index (χ1v) is 11.9. The lowest BCUT2D eigenvalue weighted by molar-refractivity contribution is -0.125. The van der Waals surface area contributed by atoms with Gasteiger partial charge in [-0.3, -0.25) is 4.79 Å². The van der Waals surface area contributed by atoms with E-state index in [9.17, 15) is 9.35 Å². The number of carbonyl (C=O) groups is 1. The van der Waals surface area contributed by atoms with Gasteiger partial charge in [0.25, 0.3) is 0 Å². The molecule has 2 aromatic carbocycles. The molecule has 1 atom stereocenters. The first-order valence-electron chi connectivity index (χ1n) is 10.8. The van der Waals surface area contributed by atoms with Gasteiger partial charge in [-0.15, -0.1) is 4.72 Å². The topological polar surface area (TPSA) is 95.5 Å². The molecule has 172 valence electrons. The lowest BCUT2D eigenvalue weighted by Crippen LogP contribution is -2.45. The van der Waals surface area contributed by atoms with E-state index in [-0.39, 0.29) is 5.91 Å². The highest BCUT2D eigenvalue weighted by Crippen LogP contribution is 2.37. The number of pyridine rings is 1. The minimum atomic E-state index is -1.24. The van der Waals surface area contributed by atoms with Crippen molar-refractivity contribution in [3.8, 4) is 17.0 Å². The summed E-state index contributed by atoms with van der Waals surface area (Å²) >= 11 is -1.24. The molecule has 0 aliphatic carbocycles. The zero-order valence-corrected chi connectivity index (χ0v) is 19.5. The molecule has 1 saturated heterocycles. The van der Waals surface area contributed by atoms with E-state index in [1.807, 2.05) is 48.5 Å². The fraction of sp³-hybridized carbons (Fsp3) is 0.280. The second-order valence-electron chi connectivity index (χ2n) is 7.78. The Morgan fingerprint density at radius 3 is 2.39 bits per heavy atom. The predicted octanol–water partition coefficient (Wildman–Crippen LogP) is 3.69. The van der Waals surface area contributed by atoms with Crippen LogP contribution in [0.4, 0.5) is 5.82 Å². The molecule has 2 N–H and O–H groups in total. The van der Waals surface area contributed by atoms with E-state index < -0.39 is 16.8 Å². The maximum absolute atomic E-state index is 13.6. The summed E-state index contributed by atoms with van der Waals surface area (Å²) in [5.74, 6) is 1.14. The van der Waals surface area contributed by atoms with Crippen LogP contribution in [0.5, 0.6) is 5.75 Å². The van der Waals surface area contributed by atoms with Gasteiger partial charge in [-0.1, -0.05) is 18.2 Å². The number of ether oxygens (including phenoxy) is 2. The number of rotatable bonds is 7. The molecule has 1 fully saturated rings. The van der Waals surface area contributed by atoms with E-state index in [0.717, 1.165) is 22.6 Å². The lowest BCUT2D eigenvalue weighted by Gasteiger charge is -2.36. The maximum atomic E-state index is 13.6. The molecule has 7 nitrogen and oxygen atoms in total. The van der Waals surface area contributed by atoms with Gasteiger partial charge in [0.05, 0.1) is 29.6 Å². The number of nitrogens with zero attached hydrogens (tertiary/aromatic N) is 1. The third-order valence-electron chi connectivity index (χ3n) is 5.96. The highest BCUT2D eigenvalue weighted by Gasteiger charge is 2.42. The monoisotopic (exact) mass is 465 g/mol. The van der Waals surface area contributed by atoms with Crippen molar-refractivity contribution in [2.75, 3.05) is 32.7 Å². The summed E-state index contributed by atoms with van der Waals surface area (Å²) in [4.78, 5) is 18.9. The molecule has 1 aliphatic heterocycles. The van der Waals surface area contributed by atoms with Crippen LogP contribution in [-0.4, -0.2) is 42.8 Å². The Morgan fingerprint density at radius 2 is 1.76 bits per heavy atom. The Hall–Kier alpha value is -2.91. The molecule has 1 aromatic heterocycles. The molecule has 0 saturated carbocycles. The van der Waals surface area contributed by atoms with E-state index in [1.54, 1.807) is 32.4 Å². The Labute approximate surface area is 196 Å². The predicted molar refractivity (Wildman–Crippen MR) is 128 cm³/mol. The van der Waals surface area contributed by atoms with Gasteiger partial charge in [0.15, 0.2) is 4.90 Å². The number of hydrogen-bond acceptors (Lipinski definition) is 6. The second kappa shape index (κ2) is 10.4. The first kappa shape index (κ1) is 23.3. The quantitative estimate of drug-likeness (QED) is 0.517. The number of nitrogens with one attached hydrogen (secondary N) is 2. The van der Waals surface area contributed by atoms with Crippen LogP contribution >= 0.6 is 0 Å². The van der Waals surface area contributed by atoms with E-state index in [2.05, 4.69) is 15.0 Å². The highest BCUT2D eigenvalue weighted by atomic mass is 32.2. The molecular weight excluding hydrogens is 438 g/mol. The van der Waals surface area contributed by atoms with Crippen molar-refractivity contribution in [3.05, 3.63) is 72.3 Å². The molecule has 8 heteroatoms. The van der Waals surface area contributed by atoms with Gasteiger partial charge < -0.3 is 19.3 Å². The summed E-state index contributed by atoms with van der Waals surface area (Å²) in [6, 6.07) is 20.5. The highest BCUT2D eigenvalue weighted by molar-refractivity contribution is 7.89. The van der Waals surface area contributed by atoms with Crippen molar-refractivity contribution in [3.63, 3.8) is 0 Å². The van der Waals surface area contributed by atoms with Gasteiger partial charge in [0.1, 0.15) is 11.6 Å². The summed E-state index contributed by atoms with van der Waals surface area (Å²) < 4.78 is 25.4. The summed E-state index contributed by atoms with van der Waals surface area (Å²) in [6.07, 6.45) is 1.18. The SMILES string of the molecule is CN[S+]([O-])c1ccc(-c2cccc(NC(=O)C3(c4ccc(OC)cc4)CCOCC3)n2)cc1. The van der Waals surface area contributed by atoms with Crippen LogP contribution in [-0.2, 0) is 26.3 Å². The van der Waals surface area contributed by atoms with E-state index >= 15 is 0 Å². The molecule has 0 bridgehead atoms. The standard InChI is InChI=1S/C25H27N3O4S/c1-26-33(30)21-12-6-18(7-13-21)22-4-3-5-23(27-22)28-24(29)25(14-16-32-17-15-25)19-8-10-20(31-2)11-9-19/h3-13,26H,14-17H2,1-2H3,(H,27,28,29). The number of benzene rings is 2. The number of anilines is 1. The van der Waals surface area contributed by atoms with Crippen molar-refractivity contribution < 1.29 is 18.8 Å². The van der Waals surface area contributed by atoms with Crippen molar-refractivity contribution in [2.45, 2.75) is 23.2 Å². The van der Waals surface area contributed by atoms with E-state index in [4.69, 9.17) is 9.47 Å². The fourth-order valence-corrected chi connectivity index (χ4v) is 4.66. The smallest absolute Gasteiger partial charge is 0.236 e. The van der Waals surface area contributed by atoms with Gasteiger partial charge in [-0.05, 0) is 66.9 Å². The Morgan fingerprint density at radius 1 is 1.06 bits per heavy atom. The van der Waals surface area contributed by atoms with Gasteiger partial charge in [-0.2, -0.15) is 0 Å². The third kappa shape index (κ3) is 5.04. The van der Waals surface area contributed by atoms with E-state index in [0.29, 0.717) is 36.8 Å². The minimum Gasteiger partial charge on any atom is -0.593 e. The summed E-state index contributed by atoms with van der Waals surface area (Å²) in [6.45, 7) is 1.04. The molecule has 0 radical (unpaired) electrons. The average Bonchev–Trinajstić information content (AvgIpc) is 2.89. The second-order valence-corrected chi connectivity index (χ2v) is 9.20. The number of amides is 1. The van der Waals surface area contributed by atoms with Crippen LogP contribution in [0.3, 0.4) is 0 Å². The van der Waals surface area contributed by atoms with E-state index in [1.165, 1.54) is 0 Å². The number of aromatic nitrogens is 1. The number of carbonyl (C=O) groups excluding carboxylic acids is 1. The number of hydrogen-bond donors (Lipinski definition) is 2. The fourth-order valence-electron chi connectivity index (χ4n) is 4.04. The molecule has 4 rings (SSSR count). The molecule has 2 heterocycles. The molecule has 1 unspecified atom stereocenters. The lowest BCUT2D eigenvalue weighted by atomic mass is 9.73. The normalized spacial score (nSPS) is 16.1. The summed E-state index contributed by atoms with van der Waals surface area (Å²) in [7, 11) is 3.27. The molecule has 1 amide bonds. The molecule has 3 aromatic rings. The Kier molecular flexibility index (Phi) is 7.29. The van der Waals surface area contributed by atoms with Crippen LogP contribution in [0.2, 0.25) is 0 Å². The minimum absolute atomic E-state index is 0.0969. The zero-order chi connectivity index (χ0) is 23.3. The third-order valence-corrected chi connectivity index (χ3v) is 7.03. The summed E-state index contributed by atoms with van der Waals surface area (Å²) in [5, 5.41) is 3.03.